The molecule has 1 heterocycles. The van der Waals surface area contributed by atoms with Crippen LogP contribution in [0.4, 0.5) is 0 Å². The number of hydrogen-bond acceptors (Lipinski definition) is 6. The van der Waals surface area contributed by atoms with Crippen LogP contribution in [0.2, 0.25) is 0 Å². The minimum atomic E-state index is -1.11. The molecule has 1 unspecified atom stereocenters. The van der Waals surface area contributed by atoms with Crippen molar-refractivity contribution in [1.29, 1.82) is 0 Å². The van der Waals surface area contributed by atoms with Gasteiger partial charge in [0, 0.05) is 20.5 Å². The molecule has 0 radical (unpaired) electrons. The lowest BCUT2D eigenvalue weighted by atomic mass is 10.1. The molecule has 9 nitrogen and oxygen atoms in total. The molecule has 1 aliphatic heterocycles. The van der Waals surface area contributed by atoms with Crippen LogP contribution in [0.15, 0.2) is 18.2 Å². The zero-order valence-electron chi connectivity index (χ0n) is 14.4. The van der Waals surface area contributed by atoms with Crippen molar-refractivity contribution in [3.63, 3.8) is 0 Å². The molecule has 0 spiro atoms. The van der Waals surface area contributed by atoms with E-state index < -0.39 is 29.7 Å². The summed E-state index contributed by atoms with van der Waals surface area (Å²) >= 11 is 0. The fourth-order valence-corrected chi connectivity index (χ4v) is 2.66. The Morgan fingerprint density at radius 2 is 1.92 bits per heavy atom. The predicted molar refractivity (Wildman–Crippen MR) is 89.7 cm³/mol. The number of aldehydes is 1. The van der Waals surface area contributed by atoms with E-state index in [4.69, 9.17) is 4.74 Å². The Hall–Kier alpha value is -3.23. The van der Waals surface area contributed by atoms with Gasteiger partial charge in [0.15, 0.2) is 6.61 Å². The van der Waals surface area contributed by atoms with Crippen LogP contribution in [0.5, 0.6) is 5.75 Å². The summed E-state index contributed by atoms with van der Waals surface area (Å²) in [6.45, 7) is -0.321. The summed E-state index contributed by atoms with van der Waals surface area (Å²) in [6.07, 6.45) is 0.653. The maximum Gasteiger partial charge on any atom is 0.266 e. The minimum absolute atomic E-state index is 0.00130. The number of nitrogens with one attached hydrogen (secondary N) is 2. The molecule has 1 atom stereocenters. The van der Waals surface area contributed by atoms with E-state index in [1.165, 1.54) is 32.3 Å². The first kappa shape index (κ1) is 19.1. The minimum Gasteiger partial charge on any atom is -0.483 e. The summed E-state index contributed by atoms with van der Waals surface area (Å²) < 4.78 is 5.35. The second-order valence-electron chi connectivity index (χ2n) is 5.49. The van der Waals surface area contributed by atoms with E-state index >= 15 is 0 Å². The third-order valence-electron chi connectivity index (χ3n) is 3.96. The van der Waals surface area contributed by atoms with Gasteiger partial charge < -0.3 is 20.2 Å². The molecular weight excluding hydrogens is 342 g/mol. The highest BCUT2D eigenvalue weighted by atomic mass is 16.5. The molecule has 0 fully saturated rings. The average molecular weight is 361 g/mol. The second kappa shape index (κ2) is 8.24. The molecule has 1 aromatic rings. The number of nitrogens with zero attached hydrogens (tertiary/aromatic N) is 1. The smallest absolute Gasteiger partial charge is 0.266 e. The maximum atomic E-state index is 12.8. The Morgan fingerprint density at radius 1 is 1.19 bits per heavy atom. The molecule has 0 aromatic heterocycles. The molecule has 0 saturated heterocycles. The molecule has 138 valence electrons. The zero-order chi connectivity index (χ0) is 19.3. The Kier molecular flexibility index (Phi) is 6.05. The van der Waals surface area contributed by atoms with E-state index in [0.717, 1.165) is 4.90 Å². The van der Waals surface area contributed by atoms with Gasteiger partial charge in [-0.05, 0) is 18.6 Å². The molecule has 0 bridgehead atoms. The van der Waals surface area contributed by atoms with E-state index in [1.54, 1.807) is 0 Å². The Morgan fingerprint density at radius 3 is 2.54 bits per heavy atom. The first-order valence-electron chi connectivity index (χ1n) is 7.95. The van der Waals surface area contributed by atoms with Gasteiger partial charge in [0.05, 0.1) is 11.1 Å². The van der Waals surface area contributed by atoms with E-state index in [9.17, 15) is 24.0 Å². The molecule has 1 aromatic carbocycles. The number of amides is 4. The lowest BCUT2D eigenvalue weighted by Crippen LogP contribution is -2.48. The van der Waals surface area contributed by atoms with E-state index in [2.05, 4.69) is 10.6 Å². The number of hydrogen-bond donors (Lipinski definition) is 2. The highest BCUT2D eigenvalue weighted by Gasteiger charge is 2.44. The fraction of sp³-hybridized carbons (Fsp3) is 0.353. The third kappa shape index (κ3) is 3.56. The summed E-state index contributed by atoms with van der Waals surface area (Å²) in [5.41, 5.74) is 0.0887. The van der Waals surface area contributed by atoms with Gasteiger partial charge in [-0.2, -0.15) is 0 Å². The van der Waals surface area contributed by atoms with Gasteiger partial charge in [-0.1, -0.05) is 6.07 Å². The molecule has 26 heavy (non-hydrogen) atoms. The van der Waals surface area contributed by atoms with Crippen molar-refractivity contribution in [2.24, 2.45) is 0 Å². The monoisotopic (exact) mass is 361 g/mol. The van der Waals surface area contributed by atoms with Crippen LogP contribution >= 0.6 is 0 Å². The van der Waals surface area contributed by atoms with Gasteiger partial charge in [0.1, 0.15) is 18.1 Å². The van der Waals surface area contributed by atoms with Crippen molar-refractivity contribution in [3.8, 4) is 5.75 Å². The standard InChI is InChI=1S/C17H19N3O6/c1-18-13(22)9-26-12-7-3-5-10-14(12)17(25)20(16(10)24)11(6-4-8-21)15(23)19-2/h3,5,7-8,11H,4,6,9H2,1-2H3,(H,18,22)(H,19,23). The second-order valence-corrected chi connectivity index (χ2v) is 5.49. The van der Waals surface area contributed by atoms with Crippen LogP contribution < -0.4 is 15.4 Å². The van der Waals surface area contributed by atoms with Crippen LogP contribution in [0, 0.1) is 0 Å². The molecule has 9 heteroatoms. The Balaban J connectivity index is 2.37. The molecule has 0 saturated carbocycles. The van der Waals surface area contributed by atoms with Crippen LogP contribution in [-0.2, 0) is 14.4 Å². The van der Waals surface area contributed by atoms with Gasteiger partial charge in [-0.15, -0.1) is 0 Å². The van der Waals surface area contributed by atoms with Gasteiger partial charge in [0.2, 0.25) is 5.91 Å². The summed E-state index contributed by atoms with van der Waals surface area (Å²) in [4.78, 5) is 60.5. The number of likely N-dealkylation sites (N-methyl/N-ethyl adjacent to an activating group) is 2. The quantitative estimate of drug-likeness (QED) is 0.476. The van der Waals surface area contributed by atoms with E-state index in [-0.39, 0.29) is 36.3 Å². The SMILES string of the molecule is CNC(=O)COc1cccc2c1C(=O)N(C(CCC=O)C(=O)NC)C2=O. The van der Waals surface area contributed by atoms with Crippen LogP contribution in [0.25, 0.3) is 0 Å². The maximum absolute atomic E-state index is 12.8. The van der Waals surface area contributed by atoms with Gasteiger partial charge in [-0.3, -0.25) is 24.1 Å². The first-order chi connectivity index (χ1) is 12.5. The number of fused-ring (bicyclic) bond motifs is 1. The first-order valence-corrected chi connectivity index (χ1v) is 7.95. The summed E-state index contributed by atoms with van der Waals surface area (Å²) in [6, 6.07) is 3.33. The number of carbonyl (C=O) groups excluding carboxylic acids is 5. The van der Waals surface area contributed by atoms with Crippen molar-refractivity contribution >= 4 is 29.9 Å². The number of ether oxygens (including phenoxy) is 1. The van der Waals surface area contributed by atoms with Crippen molar-refractivity contribution < 1.29 is 28.7 Å². The number of imide groups is 1. The number of rotatable bonds is 8. The van der Waals surface area contributed by atoms with Gasteiger partial charge >= 0.3 is 0 Å². The molecule has 2 rings (SSSR count). The third-order valence-corrected chi connectivity index (χ3v) is 3.96. The highest BCUT2D eigenvalue weighted by molar-refractivity contribution is 6.24. The highest BCUT2D eigenvalue weighted by Crippen LogP contribution is 2.33. The Bertz CT molecular complexity index is 761. The van der Waals surface area contributed by atoms with Crippen LogP contribution in [0.3, 0.4) is 0 Å². The zero-order valence-corrected chi connectivity index (χ0v) is 14.4. The summed E-state index contributed by atoms with van der Waals surface area (Å²) in [7, 11) is 2.82. The van der Waals surface area contributed by atoms with Crippen LogP contribution in [-0.4, -0.2) is 61.6 Å². The van der Waals surface area contributed by atoms with E-state index in [1.807, 2.05) is 0 Å². The molecular formula is C17H19N3O6. The topological polar surface area (TPSA) is 122 Å². The predicted octanol–water partition coefficient (Wildman–Crippen LogP) is -0.499. The molecule has 0 aliphatic carbocycles. The lowest BCUT2D eigenvalue weighted by molar-refractivity contribution is -0.125. The summed E-state index contributed by atoms with van der Waals surface area (Å²) in [5.74, 6) is -2.20. The van der Waals surface area contributed by atoms with E-state index in [0.29, 0.717) is 6.29 Å². The van der Waals surface area contributed by atoms with Crippen molar-refractivity contribution in [1.82, 2.24) is 15.5 Å². The number of carbonyl (C=O) groups is 5. The van der Waals surface area contributed by atoms with Crippen molar-refractivity contribution in [3.05, 3.63) is 29.3 Å². The molecule has 2 N–H and O–H groups in total. The summed E-state index contributed by atoms with van der Waals surface area (Å²) in [5, 5.41) is 4.78. The normalized spacial score (nSPS) is 13.8. The number of benzene rings is 1. The van der Waals surface area contributed by atoms with Crippen molar-refractivity contribution in [2.45, 2.75) is 18.9 Å². The molecule has 1 aliphatic rings. The molecule has 4 amide bonds. The van der Waals surface area contributed by atoms with Gasteiger partial charge in [0.25, 0.3) is 17.7 Å². The van der Waals surface area contributed by atoms with Gasteiger partial charge in [-0.25, -0.2) is 0 Å². The van der Waals surface area contributed by atoms with Crippen LogP contribution in [0.1, 0.15) is 33.6 Å². The van der Waals surface area contributed by atoms with Crippen molar-refractivity contribution in [2.75, 3.05) is 20.7 Å². The largest absolute Gasteiger partial charge is 0.483 e. The fourth-order valence-electron chi connectivity index (χ4n) is 2.66. The Labute approximate surface area is 149 Å². The lowest BCUT2D eigenvalue weighted by Gasteiger charge is -2.24. The average Bonchev–Trinajstić information content (AvgIpc) is 2.91.